The number of carbonyl (C=O) groups excluding carboxylic acids is 1. The van der Waals surface area contributed by atoms with Gasteiger partial charge in [-0.05, 0) is 24.6 Å². The van der Waals surface area contributed by atoms with Crippen molar-refractivity contribution in [3.63, 3.8) is 0 Å². The molecule has 2 aromatic rings. The van der Waals surface area contributed by atoms with Crippen molar-refractivity contribution in [3.05, 3.63) is 39.8 Å². The summed E-state index contributed by atoms with van der Waals surface area (Å²) in [5, 5.41) is 15.2. The van der Waals surface area contributed by atoms with Crippen LogP contribution in [0.3, 0.4) is 0 Å². The number of carbonyl (C=O) groups is 1. The van der Waals surface area contributed by atoms with Crippen LogP contribution in [0.5, 0.6) is 5.75 Å². The molecule has 0 bridgehead atoms. The summed E-state index contributed by atoms with van der Waals surface area (Å²) in [5.74, 6) is -0.254. The highest BCUT2D eigenvalue weighted by Gasteiger charge is 2.16. The summed E-state index contributed by atoms with van der Waals surface area (Å²) in [6.07, 6.45) is 0. The van der Waals surface area contributed by atoms with Gasteiger partial charge in [-0.3, -0.25) is 9.69 Å². The van der Waals surface area contributed by atoms with Crippen molar-refractivity contribution in [3.8, 4) is 5.75 Å². The lowest BCUT2D eigenvalue weighted by atomic mass is 10.2. The molecule has 0 aliphatic carbocycles. The Morgan fingerprint density at radius 2 is 2.22 bits per heavy atom. The Morgan fingerprint density at radius 1 is 1.43 bits per heavy atom. The smallest absolute Gasteiger partial charge is 0.275 e. The van der Waals surface area contributed by atoms with Crippen molar-refractivity contribution in [2.75, 3.05) is 31.6 Å². The Labute approximate surface area is 138 Å². The van der Waals surface area contributed by atoms with Crippen LogP contribution in [0.15, 0.2) is 23.6 Å². The number of hydrogen-bond donors (Lipinski definition) is 2. The third-order valence-electron chi connectivity index (χ3n) is 3.65. The molecule has 1 aromatic heterocycles. The molecule has 1 aromatic carbocycles. The minimum absolute atomic E-state index is 0.0575. The minimum atomic E-state index is -0.311. The van der Waals surface area contributed by atoms with Crippen molar-refractivity contribution in [2.24, 2.45) is 0 Å². The topological polar surface area (TPSA) is 74.7 Å². The number of benzene rings is 1. The Bertz CT molecular complexity index is 696. The lowest BCUT2D eigenvalue weighted by molar-refractivity contribution is 0.0341. The second kappa shape index (κ2) is 7.08. The number of nitrogens with zero attached hydrogens (tertiary/aromatic N) is 2. The van der Waals surface area contributed by atoms with E-state index in [1.807, 2.05) is 13.0 Å². The molecule has 1 saturated heterocycles. The van der Waals surface area contributed by atoms with Crippen LogP contribution in [0.25, 0.3) is 0 Å². The summed E-state index contributed by atoms with van der Waals surface area (Å²) in [6, 6.07) is 5.13. The highest BCUT2D eigenvalue weighted by atomic mass is 32.1. The zero-order valence-electron chi connectivity index (χ0n) is 12.9. The summed E-state index contributed by atoms with van der Waals surface area (Å²) < 4.78 is 5.32. The van der Waals surface area contributed by atoms with Crippen LogP contribution in [0, 0.1) is 6.92 Å². The molecule has 1 aliphatic rings. The van der Waals surface area contributed by atoms with E-state index in [1.54, 1.807) is 17.5 Å². The standard InChI is InChI=1S/C16H19N3O3S/c1-11-2-3-12(14(20)8-11)18-16(21)13-10-23-15(17-13)9-19-4-6-22-7-5-19/h2-3,8,10,20H,4-7,9H2,1H3,(H,18,21). The molecule has 6 nitrogen and oxygen atoms in total. The molecular weight excluding hydrogens is 314 g/mol. The van der Waals surface area contributed by atoms with Gasteiger partial charge >= 0.3 is 0 Å². The Hall–Kier alpha value is -1.96. The second-order valence-electron chi connectivity index (χ2n) is 5.49. The summed E-state index contributed by atoms with van der Waals surface area (Å²) in [7, 11) is 0. The van der Waals surface area contributed by atoms with E-state index < -0.39 is 0 Å². The zero-order chi connectivity index (χ0) is 16.2. The number of phenolic OH excluding ortho intramolecular Hbond substituents is 1. The Morgan fingerprint density at radius 3 is 2.96 bits per heavy atom. The number of amides is 1. The van der Waals surface area contributed by atoms with Crippen LogP contribution in [-0.2, 0) is 11.3 Å². The van der Waals surface area contributed by atoms with Gasteiger partial charge in [0.15, 0.2) is 0 Å². The van der Waals surface area contributed by atoms with Crippen LogP contribution in [-0.4, -0.2) is 47.2 Å². The van der Waals surface area contributed by atoms with Gasteiger partial charge in [-0.15, -0.1) is 11.3 Å². The van der Waals surface area contributed by atoms with E-state index in [0.29, 0.717) is 11.4 Å². The second-order valence-corrected chi connectivity index (χ2v) is 6.43. The van der Waals surface area contributed by atoms with Gasteiger partial charge in [-0.2, -0.15) is 0 Å². The van der Waals surface area contributed by atoms with Crippen molar-refractivity contribution in [2.45, 2.75) is 13.5 Å². The molecule has 0 unspecified atom stereocenters. The van der Waals surface area contributed by atoms with Crippen molar-refractivity contribution < 1.29 is 14.6 Å². The van der Waals surface area contributed by atoms with E-state index in [1.165, 1.54) is 11.3 Å². The van der Waals surface area contributed by atoms with Gasteiger partial charge in [0, 0.05) is 18.5 Å². The molecular formula is C16H19N3O3S. The summed E-state index contributed by atoms with van der Waals surface area (Å²) in [5.41, 5.74) is 1.70. The first-order valence-electron chi connectivity index (χ1n) is 7.47. The fraction of sp³-hybridized carbons (Fsp3) is 0.375. The van der Waals surface area contributed by atoms with E-state index in [2.05, 4.69) is 15.2 Å². The highest BCUT2D eigenvalue weighted by molar-refractivity contribution is 7.09. The van der Waals surface area contributed by atoms with E-state index in [4.69, 9.17) is 4.74 Å². The van der Waals surface area contributed by atoms with E-state index in [9.17, 15) is 9.90 Å². The quantitative estimate of drug-likeness (QED) is 0.840. The van der Waals surface area contributed by atoms with Crippen molar-refractivity contribution >= 4 is 22.9 Å². The first-order valence-corrected chi connectivity index (χ1v) is 8.35. The molecule has 23 heavy (non-hydrogen) atoms. The summed E-state index contributed by atoms with van der Waals surface area (Å²) >= 11 is 1.47. The fourth-order valence-electron chi connectivity index (χ4n) is 2.37. The average molecular weight is 333 g/mol. The van der Waals surface area contributed by atoms with E-state index in [0.717, 1.165) is 43.4 Å². The van der Waals surface area contributed by atoms with Crippen LogP contribution in [0.2, 0.25) is 0 Å². The van der Waals surface area contributed by atoms with Gasteiger partial charge in [0.1, 0.15) is 16.5 Å². The van der Waals surface area contributed by atoms with Crippen LogP contribution >= 0.6 is 11.3 Å². The normalized spacial score (nSPS) is 15.5. The first-order chi connectivity index (χ1) is 11.1. The number of thiazole rings is 1. The molecule has 2 N–H and O–H groups in total. The molecule has 2 heterocycles. The molecule has 1 fully saturated rings. The molecule has 7 heteroatoms. The summed E-state index contributed by atoms with van der Waals surface area (Å²) in [4.78, 5) is 18.9. The summed E-state index contributed by atoms with van der Waals surface area (Å²) in [6.45, 7) is 5.87. The lowest BCUT2D eigenvalue weighted by Gasteiger charge is -2.25. The lowest BCUT2D eigenvalue weighted by Crippen LogP contribution is -2.35. The predicted molar refractivity (Wildman–Crippen MR) is 89.0 cm³/mol. The van der Waals surface area contributed by atoms with E-state index >= 15 is 0 Å². The number of rotatable bonds is 4. The number of hydrogen-bond acceptors (Lipinski definition) is 6. The molecule has 0 atom stereocenters. The highest BCUT2D eigenvalue weighted by Crippen LogP contribution is 2.24. The maximum Gasteiger partial charge on any atom is 0.275 e. The number of nitrogens with one attached hydrogen (secondary N) is 1. The molecule has 1 amide bonds. The van der Waals surface area contributed by atoms with Crippen LogP contribution in [0.1, 0.15) is 21.1 Å². The zero-order valence-corrected chi connectivity index (χ0v) is 13.7. The molecule has 0 spiro atoms. The van der Waals surface area contributed by atoms with Gasteiger partial charge in [-0.25, -0.2) is 4.98 Å². The molecule has 3 rings (SSSR count). The third-order valence-corrected chi connectivity index (χ3v) is 4.48. The molecule has 0 saturated carbocycles. The number of anilines is 1. The number of morpholine rings is 1. The minimum Gasteiger partial charge on any atom is -0.506 e. The number of aromatic hydroxyl groups is 1. The Kier molecular flexibility index (Phi) is 4.90. The van der Waals surface area contributed by atoms with Crippen molar-refractivity contribution in [1.82, 2.24) is 9.88 Å². The SMILES string of the molecule is Cc1ccc(NC(=O)c2csc(CN3CCOCC3)n2)c(O)c1. The Balaban J connectivity index is 1.63. The van der Waals surface area contributed by atoms with Crippen LogP contribution in [0.4, 0.5) is 5.69 Å². The monoisotopic (exact) mass is 333 g/mol. The van der Waals surface area contributed by atoms with Gasteiger partial charge in [0.2, 0.25) is 0 Å². The van der Waals surface area contributed by atoms with E-state index in [-0.39, 0.29) is 11.7 Å². The third kappa shape index (κ3) is 4.07. The average Bonchev–Trinajstić information content (AvgIpc) is 3.00. The number of aromatic nitrogens is 1. The van der Waals surface area contributed by atoms with Crippen molar-refractivity contribution in [1.29, 1.82) is 0 Å². The number of aryl methyl sites for hydroxylation is 1. The number of ether oxygens (including phenoxy) is 1. The first kappa shape index (κ1) is 15.9. The predicted octanol–water partition coefficient (Wildman–Crippen LogP) is 2.24. The van der Waals surface area contributed by atoms with Gasteiger partial charge in [0.25, 0.3) is 5.91 Å². The molecule has 1 aliphatic heterocycles. The van der Waals surface area contributed by atoms with Gasteiger partial charge in [0.05, 0.1) is 25.4 Å². The maximum absolute atomic E-state index is 12.2. The maximum atomic E-state index is 12.2. The van der Waals surface area contributed by atoms with Crippen LogP contribution < -0.4 is 5.32 Å². The van der Waals surface area contributed by atoms with Gasteiger partial charge < -0.3 is 15.2 Å². The largest absolute Gasteiger partial charge is 0.506 e. The molecule has 122 valence electrons. The number of phenols is 1. The fourth-order valence-corrected chi connectivity index (χ4v) is 3.19. The van der Waals surface area contributed by atoms with Gasteiger partial charge in [-0.1, -0.05) is 6.07 Å². The molecule has 0 radical (unpaired) electrons.